The van der Waals surface area contributed by atoms with Crippen molar-refractivity contribution in [3.63, 3.8) is 0 Å². The minimum absolute atomic E-state index is 0.535. The van der Waals surface area contributed by atoms with E-state index in [1.807, 2.05) is 6.08 Å². The molecule has 0 spiro atoms. The number of fused-ring (bicyclic) bond motifs is 1. The Hall–Kier alpha value is -2.28. The summed E-state index contributed by atoms with van der Waals surface area (Å²) < 4.78 is 0. The monoisotopic (exact) mass is 331 g/mol. The van der Waals surface area contributed by atoms with Gasteiger partial charge in [-0.15, -0.1) is 6.58 Å². The minimum atomic E-state index is 0.535. The van der Waals surface area contributed by atoms with Gasteiger partial charge < -0.3 is 5.32 Å². The average molecular weight is 332 g/mol. The highest BCUT2D eigenvalue weighted by atomic mass is 14.9. The molecule has 0 fully saturated rings. The predicted octanol–water partition coefficient (Wildman–Crippen LogP) is 6.33. The summed E-state index contributed by atoms with van der Waals surface area (Å²) in [5.41, 5.74) is 9.77. The van der Waals surface area contributed by atoms with E-state index in [0.717, 1.165) is 19.3 Å². The van der Waals surface area contributed by atoms with Crippen LogP contribution in [0.2, 0.25) is 0 Å². The standard InChI is InChI=1S/C24H29N/c1-5-9-18(3)23(16-21-11-7-6-10-17(21)2)22-13-8-12-20-15-14-19(4)25-24(20)22/h5-8,10-13,19,25H,1,9,14-16H2,2-4H3/b23-18+. The molecule has 0 saturated carbocycles. The third-order valence-electron chi connectivity index (χ3n) is 5.31. The van der Waals surface area contributed by atoms with Crippen LogP contribution in [-0.4, -0.2) is 6.04 Å². The van der Waals surface area contributed by atoms with Crippen LogP contribution in [0.3, 0.4) is 0 Å². The summed E-state index contributed by atoms with van der Waals surface area (Å²) in [5.74, 6) is 0. The molecular weight excluding hydrogens is 302 g/mol. The summed E-state index contributed by atoms with van der Waals surface area (Å²) >= 11 is 0. The number of rotatable bonds is 5. The maximum absolute atomic E-state index is 3.95. The van der Waals surface area contributed by atoms with Gasteiger partial charge in [0, 0.05) is 17.3 Å². The molecule has 0 aromatic heterocycles. The van der Waals surface area contributed by atoms with Crippen LogP contribution in [0, 0.1) is 6.92 Å². The summed E-state index contributed by atoms with van der Waals surface area (Å²) in [6.07, 6.45) is 6.28. The third kappa shape index (κ3) is 3.87. The van der Waals surface area contributed by atoms with Crippen molar-refractivity contribution in [2.45, 2.75) is 52.5 Å². The molecule has 2 aromatic carbocycles. The Bertz CT molecular complexity index is 797. The molecule has 1 nitrogen and oxygen atoms in total. The van der Waals surface area contributed by atoms with Gasteiger partial charge in [0.25, 0.3) is 0 Å². The van der Waals surface area contributed by atoms with Gasteiger partial charge in [-0.05, 0) is 68.7 Å². The lowest BCUT2D eigenvalue weighted by Gasteiger charge is -2.28. The van der Waals surface area contributed by atoms with Gasteiger partial charge in [-0.1, -0.05) is 54.1 Å². The van der Waals surface area contributed by atoms with Crippen LogP contribution in [0.4, 0.5) is 5.69 Å². The third-order valence-corrected chi connectivity index (χ3v) is 5.31. The number of aryl methyl sites for hydroxylation is 2. The fourth-order valence-corrected chi connectivity index (χ4v) is 3.74. The predicted molar refractivity (Wildman–Crippen MR) is 110 cm³/mol. The van der Waals surface area contributed by atoms with Gasteiger partial charge in [0.2, 0.25) is 0 Å². The Morgan fingerprint density at radius 2 is 2.00 bits per heavy atom. The normalized spacial score (nSPS) is 17.3. The fourth-order valence-electron chi connectivity index (χ4n) is 3.74. The molecule has 1 heteroatoms. The van der Waals surface area contributed by atoms with Crippen molar-refractivity contribution in [1.29, 1.82) is 0 Å². The van der Waals surface area contributed by atoms with Gasteiger partial charge in [0.1, 0.15) is 0 Å². The van der Waals surface area contributed by atoms with E-state index in [2.05, 4.69) is 75.1 Å². The van der Waals surface area contributed by atoms with E-state index in [-0.39, 0.29) is 0 Å². The Morgan fingerprint density at radius 3 is 2.76 bits per heavy atom. The summed E-state index contributed by atoms with van der Waals surface area (Å²) in [6.45, 7) is 10.7. The molecular formula is C24H29N. The van der Waals surface area contributed by atoms with Crippen LogP contribution in [0.5, 0.6) is 0 Å². The summed E-state index contributed by atoms with van der Waals surface area (Å²) in [7, 11) is 0. The van der Waals surface area contributed by atoms with E-state index in [4.69, 9.17) is 0 Å². The molecule has 1 unspecified atom stereocenters. The number of anilines is 1. The number of allylic oxidation sites excluding steroid dienone is 3. The number of benzene rings is 2. The fraction of sp³-hybridized carbons (Fsp3) is 0.333. The van der Waals surface area contributed by atoms with Crippen molar-refractivity contribution in [3.05, 3.63) is 82.9 Å². The zero-order valence-corrected chi connectivity index (χ0v) is 15.7. The van der Waals surface area contributed by atoms with Crippen LogP contribution >= 0.6 is 0 Å². The zero-order chi connectivity index (χ0) is 17.8. The SMILES string of the molecule is C=CC/C(C)=C(\Cc1ccccc1C)c1cccc2c1NC(C)CC2. The lowest BCUT2D eigenvalue weighted by Crippen LogP contribution is -2.23. The van der Waals surface area contributed by atoms with Crippen molar-refractivity contribution in [2.24, 2.45) is 0 Å². The summed E-state index contributed by atoms with van der Waals surface area (Å²) in [4.78, 5) is 0. The Labute approximate surface area is 152 Å². The first-order valence-electron chi connectivity index (χ1n) is 9.33. The molecule has 1 N–H and O–H groups in total. The second kappa shape index (κ2) is 7.74. The number of para-hydroxylation sites is 1. The van der Waals surface area contributed by atoms with Gasteiger partial charge >= 0.3 is 0 Å². The molecule has 0 aliphatic carbocycles. The van der Waals surface area contributed by atoms with Gasteiger partial charge in [-0.25, -0.2) is 0 Å². The number of hydrogen-bond acceptors (Lipinski definition) is 1. The topological polar surface area (TPSA) is 12.0 Å². The van der Waals surface area contributed by atoms with Crippen molar-refractivity contribution in [2.75, 3.05) is 5.32 Å². The van der Waals surface area contributed by atoms with E-state index >= 15 is 0 Å². The zero-order valence-electron chi connectivity index (χ0n) is 15.7. The lowest BCUT2D eigenvalue weighted by atomic mass is 9.87. The first-order valence-corrected chi connectivity index (χ1v) is 9.33. The molecule has 0 radical (unpaired) electrons. The Morgan fingerprint density at radius 1 is 1.20 bits per heavy atom. The Balaban J connectivity index is 2.09. The maximum atomic E-state index is 3.95. The van der Waals surface area contributed by atoms with E-state index in [1.165, 1.54) is 45.5 Å². The van der Waals surface area contributed by atoms with Crippen molar-refractivity contribution < 1.29 is 0 Å². The molecule has 0 bridgehead atoms. The molecule has 1 aliphatic heterocycles. The van der Waals surface area contributed by atoms with Crippen LogP contribution in [0.1, 0.15) is 48.9 Å². The minimum Gasteiger partial charge on any atom is -0.382 e. The smallest absolute Gasteiger partial charge is 0.0451 e. The Kier molecular flexibility index (Phi) is 5.43. The van der Waals surface area contributed by atoms with Crippen molar-refractivity contribution in [3.8, 4) is 0 Å². The average Bonchev–Trinajstić information content (AvgIpc) is 2.61. The molecule has 25 heavy (non-hydrogen) atoms. The number of nitrogens with one attached hydrogen (secondary N) is 1. The van der Waals surface area contributed by atoms with Crippen molar-refractivity contribution >= 4 is 11.3 Å². The van der Waals surface area contributed by atoms with E-state index in [1.54, 1.807) is 0 Å². The summed E-state index contributed by atoms with van der Waals surface area (Å²) in [6, 6.07) is 16.0. The maximum Gasteiger partial charge on any atom is 0.0451 e. The first-order chi connectivity index (χ1) is 12.1. The molecule has 2 aromatic rings. The van der Waals surface area contributed by atoms with Gasteiger partial charge in [-0.2, -0.15) is 0 Å². The molecule has 130 valence electrons. The largest absolute Gasteiger partial charge is 0.382 e. The lowest BCUT2D eigenvalue weighted by molar-refractivity contribution is 0.680. The van der Waals surface area contributed by atoms with Crippen LogP contribution < -0.4 is 5.32 Å². The highest BCUT2D eigenvalue weighted by Crippen LogP contribution is 2.36. The summed E-state index contributed by atoms with van der Waals surface area (Å²) in [5, 5.41) is 3.75. The highest BCUT2D eigenvalue weighted by molar-refractivity contribution is 5.82. The molecule has 3 rings (SSSR count). The van der Waals surface area contributed by atoms with Crippen molar-refractivity contribution in [1.82, 2.24) is 0 Å². The van der Waals surface area contributed by atoms with Crippen LogP contribution in [0.15, 0.2) is 60.7 Å². The number of hydrogen-bond donors (Lipinski definition) is 1. The van der Waals surface area contributed by atoms with Gasteiger partial charge in [-0.3, -0.25) is 0 Å². The molecule has 1 aliphatic rings. The first kappa shape index (κ1) is 17.5. The van der Waals surface area contributed by atoms with Gasteiger partial charge in [0.15, 0.2) is 0 Å². The molecule has 1 heterocycles. The van der Waals surface area contributed by atoms with E-state index in [0.29, 0.717) is 6.04 Å². The second-order valence-corrected chi connectivity index (χ2v) is 7.28. The quantitative estimate of drug-likeness (QED) is 0.631. The van der Waals surface area contributed by atoms with E-state index in [9.17, 15) is 0 Å². The van der Waals surface area contributed by atoms with E-state index < -0.39 is 0 Å². The molecule has 0 saturated heterocycles. The highest BCUT2D eigenvalue weighted by Gasteiger charge is 2.20. The van der Waals surface area contributed by atoms with Crippen LogP contribution in [0.25, 0.3) is 5.57 Å². The van der Waals surface area contributed by atoms with Crippen LogP contribution in [-0.2, 0) is 12.8 Å². The molecule has 0 amide bonds. The van der Waals surface area contributed by atoms with Gasteiger partial charge in [0.05, 0.1) is 0 Å². The second-order valence-electron chi connectivity index (χ2n) is 7.28. The molecule has 1 atom stereocenters.